The third-order valence-corrected chi connectivity index (χ3v) is 2.37. The van der Waals surface area contributed by atoms with Crippen LogP contribution in [0.25, 0.3) is 0 Å². The van der Waals surface area contributed by atoms with E-state index in [2.05, 4.69) is 8.55 Å². The van der Waals surface area contributed by atoms with Crippen molar-refractivity contribution in [1.29, 1.82) is 0 Å². The van der Waals surface area contributed by atoms with E-state index in [9.17, 15) is 0 Å². The first kappa shape index (κ1) is 3.09. The number of hydrogen-bond acceptors (Lipinski definition) is 2. The zero-order chi connectivity index (χ0) is 3.54. The Bertz CT molecular complexity index is 45.6. The monoisotopic (exact) mass is 132 g/mol. The molecule has 0 aliphatic carbocycles. The molecule has 0 aromatic carbocycles. The van der Waals surface area contributed by atoms with Crippen LogP contribution in [0.3, 0.4) is 0 Å². The SMILES string of the molecule is C1=C[NH][GeH2][NH]1. The molecule has 2 N–H and O–H groups in total. The van der Waals surface area contributed by atoms with Gasteiger partial charge in [0.2, 0.25) is 0 Å². The van der Waals surface area contributed by atoms with Crippen molar-refractivity contribution in [3.8, 4) is 0 Å². The summed E-state index contributed by atoms with van der Waals surface area (Å²) in [7, 11) is 0. The topological polar surface area (TPSA) is 24.1 Å². The van der Waals surface area contributed by atoms with Gasteiger partial charge in [-0.25, -0.2) is 0 Å². The van der Waals surface area contributed by atoms with E-state index < -0.39 is 15.9 Å². The summed E-state index contributed by atoms with van der Waals surface area (Å²) in [4.78, 5) is 0. The van der Waals surface area contributed by atoms with Crippen molar-refractivity contribution >= 4 is 15.9 Å². The van der Waals surface area contributed by atoms with Crippen LogP contribution in [0, 0.1) is 0 Å². The Morgan fingerprint density at radius 3 is 2.00 bits per heavy atom. The summed E-state index contributed by atoms with van der Waals surface area (Å²) in [6, 6.07) is 0. The molecule has 0 atom stereocenters. The molecule has 0 aromatic rings. The molecule has 2 nitrogen and oxygen atoms in total. The van der Waals surface area contributed by atoms with Crippen molar-refractivity contribution in [3.63, 3.8) is 0 Å². The van der Waals surface area contributed by atoms with Gasteiger partial charge in [-0.15, -0.1) is 0 Å². The van der Waals surface area contributed by atoms with E-state index >= 15 is 0 Å². The molecule has 0 saturated heterocycles. The molecular formula is C2H6GeN2. The van der Waals surface area contributed by atoms with E-state index in [-0.39, 0.29) is 0 Å². The molecule has 1 aliphatic rings. The summed E-state index contributed by atoms with van der Waals surface area (Å²) in [5.74, 6) is 0. The van der Waals surface area contributed by atoms with Gasteiger partial charge in [-0.1, -0.05) is 0 Å². The molecule has 1 heterocycles. The molecule has 0 bridgehead atoms. The van der Waals surface area contributed by atoms with Crippen LogP contribution in [0.1, 0.15) is 0 Å². The number of nitrogens with one attached hydrogen (secondary N) is 2. The van der Waals surface area contributed by atoms with Crippen LogP contribution < -0.4 is 8.55 Å². The quantitative estimate of drug-likeness (QED) is 0.397. The molecule has 0 spiro atoms. The van der Waals surface area contributed by atoms with Crippen molar-refractivity contribution in [2.75, 3.05) is 0 Å². The van der Waals surface area contributed by atoms with E-state index in [0.717, 1.165) is 0 Å². The van der Waals surface area contributed by atoms with Gasteiger partial charge in [0.1, 0.15) is 0 Å². The van der Waals surface area contributed by atoms with Gasteiger partial charge in [-0.05, 0) is 0 Å². The van der Waals surface area contributed by atoms with Crippen molar-refractivity contribution in [3.05, 3.63) is 12.4 Å². The van der Waals surface area contributed by atoms with Crippen molar-refractivity contribution < 1.29 is 0 Å². The van der Waals surface area contributed by atoms with Gasteiger partial charge in [-0.2, -0.15) is 0 Å². The van der Waals surface area contributed by atoms with Gasteiger partial charge in [0, 0.05) is 0 Å². The predicted molar refractivity (Wildman–Crippen MR) is 24.0 cm³/mol. The van der Waals surface area contributed by atoms with Crippen molar-refractivity contribution in [1.82, 2.24) is 8.55 Å². The second-order valence-electron chi connectivity index (χ2n) is 0.918. The first-order valence-electron chi connectivity index (χ1n) is 1.62. The fourth-order valence-electron chi connectivity index (χ4n) is 0.295. The van der Waals surface area contributed by atoms with Gasteiger partial charge >= 0.3 is 36.8 Å². The maximum absolute atomic E-state index is 3.12. The average Bonchev–Trinajstić information content (AvgIpc) is 1.76. The van der Waals surface area contributed by atoms with Crippen LogP contribution in [0.4, 0.5) is 0 Å². The van der Waals surface area contributed by atoms with Gasteiger partial charge < -0.3 is 0 Å². The van der Waals surface area contributed by atoms with Crippen LogP contribution in [0.5, 0.6) is 0 Å². The van der Waals surface area contributed by atoms with E-state index in [0.29, 0.717) is 0 Å². The van der Waals surface area contributed by atoms with E-state index in [1.54, 1.807) is 0 Å². The predicted octanol–water partition coefficient (Wildman–Crippen LogP) is -1.35. The Kier molecular flexibility index (Phi) is 0.836. The standard InChI is InChI=1S/C2H6GeN2/c1-2-5-3-4-1/h1-2,4-5H,3H2. The first-order valence-corrected chi connectivity index (χ1v) is 4.58. The molecular weight excluding hydrogens is 125 g/mol. The van der Waals surface area contributed by atoms with E-state index in [4.69, 9.17) is 0 Å². The summed E-state index contributed by atoms with van der Waals surface area (Å²) in [5, 5.41) is 0. The first-order chi connectivity index (χ1) is 2.50. The minimum atomic E-state index is -0.403. The van der Waals surface area contributed by atoms with Gasteiger partial charge in [0.15, 0.2) is 0 Å². The second-order valence-corrected chi connectivity index (χ2v) is 3.37. The average molecular weight is 131 g/mol. The Morgan fingerprint density at radius 1 is 1.20 bits per heavy atom. The Labute approximate surface area is 37.6 Å². The van der Waals surface area contributed by atoms with E-state index in [1.807, 2.05) is 12.4 Å². The van der Waals surface area contributed by atoms with Crippen LogP contribution >= 0.6 is 0 Å². The van der Waals surface area contributed by atoms with Crippen LogP contribution in [0.15, 0.2) is 12.4 Å². The molecule has 28 valence electrons. The number of hydrogen-bond donors (Lipinski definition) is 2. The van der Waals surface area contributed by atoms with E-state index in [1.165, 1.54) is 0 Å². The normalized spacial score (nSPS) is 17.6. The fraction of sp³-hybridized carbons (Fsp3) is 0. The van der Waals surface area contributed by atoms with Crippen LogP contribution in [0.2, 0.25) is 0 Å². The van der Waals surface area contributed by atoms with Gasteiger partial charge in [-0.3, -0.25) is 0 Å². The molecule has 1 aliphatic heterocycles. The molecule has 0 aromatic heterocycles. The molecule has 0 unspecified atom stereocenters. The summed E-state index contributed by atoms with van der Waals surface area (Å²) >= 11 is -0.403. The molecule has 1 rings (SSSR count). The minimum absolute atomic E-state index is 0.403. The van der Waals surface area contributed by atoms with Crippen LogP contribution in [-0.2, 0) is 0 Å². The van der Waals surface area contributed by atoms with Gasteiger partial charge in [0.25, 0.3) is 0 Å². The molecule has 0 amide bonds. The maximum atomic E-state index is 3.12. The molecule has 0 fully saturated rings. The number of rotatable bonds is 0. The molecule has 0 radical (unpaired) electrons. The van der Waals surface area contributed by atoms with Crippen molar-refractivity contribution in [2.45, 2.75) is 0 Å². The summed E-state index contributed by atoms with van der Waals surface area (Å²) < 4.78 is 6.24. The zero-order valence-corrected chi connectivity index (χ0v) is 5.83. The van der Waals surface area contributed by atoms with Crippen molar-refractivity contribution in [2.24, 2.45) is 0 Å². The summed E-state index contributed by atoms with van der Waals surface area (Å²) in [6.45, 7) is 0. The third kappa shape index (κ3) is 0.577. The molecule has 3 heteroatoms. The summed E-state index contributed by atoms with van der Waals surface area (Å²) in [5.41, 5.74) is 0. The fourth-order valence-corrected chi connectivity index (χ4v) is 1.53. The van der Waals surface area contributed by atoms with Crippen LogP contribution in [-0.4, -0.2) is 15.9 Å². The Balaban J connectivity index is 2.32. The molecule has 0 saturated carbocycles. The second kappa shape index (κ2) is 1.35. The summed E-state index contributed by atoms with van der Waals surface area (Å²) in [6.07, 6.45) is 3.92. The van der Waals surface area contributed by atoms with Gasteiger partial charge in [0.05, 0.1) is 0 Å². The zero-order valence-electron chi connectivity index (χ0n) is 2.86. The Hall–Kier alpha value is -0.117. The molecule has 5 heavy (non-hydrogen) atoms. The Morgan fingerprint density at radius 2 is 1.80 bits per heavy atom. The third-order valence-electron chi connectivity index (χ3n) is 0.523.